The molecule has 0 aromatic heterocycles. The quantitative estimate of drug-likeness (QED) is 0.537. The largest absolute Gasteiger partial charge is 0.394 e. The van der Waals surface area contributed by atoms with E-state index in [2.05, 4.69) is 15.0 Å². The van der Waals surface area contributed by atoms with E-state index in [0.717, 1.165) is 6.34 Å². The number of carbonyl (C=O) groups excluding carboxylic acids is 2. The lowest BCUT2D eigenvalue weighted by Crippen LogP contribution is -2.63. The second-order valence-corrected chi connectivity index (χ2v) is 6.19. The zero-order valence-electron chi connectivity index (χ0n) is 13.3. The molecular weight excluding hydrogens is 318 g/mol. The molecule has 0 radical (unpaired) electrons. The lowest BCUT2D eigenvalue weighted by atomic mass is 10.0. The Balaban J connectivity index is 2.04. The van der Waals surface area contributed by atoms with Gasteiger partial charge in [-0.3, -0.25) is 20.2 Å². The van der Waals surface area contributed by atoms with E-state index in [1.165, 1.54) is 4.90 Å². The minimum absolute atomic E-state index is 0.0855. The van der Waals surface area contributed by atoms with Crippen LogP contribution in [0.4, 0.5) is 0 Å². The lowest BCUT2D eigenvalue weighted by molar-refractivity contribution is -0.139. The van der Waals surface area contributed by atoms with Crippen molar-refractivity contribution in [2.75, 3.05) is 6.61 Å². The Morgan fingerprint density at radius 2 is 2.29 bits per heavy atom. The summed E-state index contributed by atoms with van der Waals surface area (Å²) in [5, 5.41) is 19.2. The second kappa shape index (κ2) is 5.81. The van der Waals surface area contributed by atoms with E-state index in [-0.39, 0.29) is 24.6 Å². The van der Waals surface area contributed by atoms with Crippen LogP contribution in [0.5, 0.6) is 0 Å². The molecule has 1 fully saturated rings. The van der Waals surface area contributed by atoms with Gasteiger partial charge in [0.05, 0.1) is 12.7 Å². The zero-order valence-corrected chi connectivity index (χ0v) is 13.3. The number of hydrogen-bond donors (Lipinski definition) is 3. The Bertz CT molecular complexity index is 672. The summed E-state index contributed by atoms with van der Waals surface area (Å²) in [4.78, 5) is 37.6. The molecule has 10 nitrogen and oxygen atoms in total. The summed E-state index contributed by atoms with van der Waals surface area (Å²) >= 11 is 0. The maximum absolute atomic E-state index is 12.7. The molecule has 1 saturated heterocycles. The topological polar surface area (TPSA) is 150 Å². The van der Waals surface area contributed by atoms with Gasteiger partial charge in [-0.15, -0.1) is 0 Å². The summed E-state index contributed by atoms with van der Waals surface area (Å²) in [5.74, 6) is -3.32. The van der Waals surface area contributed by atoms with Gasteiger partial charge in [0, 0.05) is 12.3 Å². The van der Waals surface area contributed by atoms with E-state index >= 15 is 0 Å². The average molecular weight is 337 g/mol. The van der Waals surface area contributed by atoms with Crippen LogP contribution >= 0.6 is 0 Å². The molecule has 3 aliphatic heterocycles. The molecule has 24 heavy (non-hydrogen) atoms. The van der Waals surface area contributed by atoms with Gasteiger partial charge >= 0.3 is 5.91 Å². The molecule has 3 rings (SSSR count). The van der Waals surface area contributed by atoms with Gasteiger partial charge in [-0.2, -0.15) is 4.99 Å². The van der Waals surface area contributed by atoms with Gasteiger partial charge < -0.3 is 14.9 Å². The third-order valence-electron chi connectivity index (χ3n) is 4.21. The van der Waals surface area contributed by atoms with Crippen molar-refractivity contribution in [2.45, 2.75) is 44.5 Å². The number of nitrogens with two attached hydrogens (primary N) is 1. The number of carbonyl (C=O) groups is 2. The molecule has 0 aromatic rings. The van der Waals surface area contributed by atoms with Crippen molar-refractivity contribution in [1.82, 2.24) is 4.90 Å². The van der Waals surface area contributed by atoms with E-state index in [0.29, 0.717) is 0 Å². The van der Waals surface area contributed by atoms with E-state index in [1.807, 2.05) is 0 Å². The van der Waals surface area contributed by atoms with Crippen molar-refractivity contribution in [3.05, 3.63) is 0 Å². The summed E-state index contributed by atoms with van der Waals surface area (Å²) < 4.78 is 5.60. The fourth-order valence-electron chi connectivity index (χ4n) is 3.01. The third-order valence-corrected chi connectivity index (χ3v) is 4.21. The molecule has 0 spiro atoms. The zero-order chi connectivity index (χ0) is 17.6. The van der Waals surface area contributed by atoms with Gasteiger partial charge in [-0.25, -0.2) is 9.98 Å². The van der Waals surface area contributed by atoms with E-state index in [4.69, 9.17) is 10.5 Å². The van der Waals surface area contributed by atoms with Crippen molar-refractivity contribution >= 4 is 29.6 Å². The highest BCUT2D eigenvalue weighted by molar-refractivity contribution is 6.69. The molecule has 4 atom stereocenters. The van der Waals surface area contributed by atoms with E-state index in [1.54, 1.807) is 13.8 Å². The molecule has 1 unspecified atom stereocenters. The SMILES string of the molecule is CC(C)C(=O)C1(N)N=C2C(=O)N=CN=C2N1[C@H]1C[C@H](O)[C@@H](CO)O1. The smallest absolute Gasteiger partial charge is 0.300 e. The van der Waals surface area contributed by atoms with Crippen LogP contribution < -0.4 is 5.73 Å². The normalized spacial score (nSPS) is 35.3. The third kappa shape index (κ3) is 2.38. The molecule has 130 valence electrons. The summed E-state index contributed by atoms with van der Waals surface area (Å²) in [6, 6.07) is 0. The number of aliphatic hydroxyl groups is 2. The first-order valence-electron chi connectivity index (χ1n) is 7.61. The predicted octanol–water partition coefficient (Wildman–Crippen LogP) is -1.98. The molecule has 10 heteroatoms. The van der Waals surface area contributed by atoms with Crippen LogP contribution in [-0.2, 0) is 14.3 Å². The number of aliphatic imine (C=N–C) groups is 3. The van der Waals surface area contributed by atoms with Crippen LogP contribution in [0.15, 0.2) is 15.0 Å². The van der Waals surface area contributed by atoms with Crippen molar-refractivity contribution in [3.8, 4) is 0 Å². The first-order chi connectivity index (χ1) is 11.3. The number of aliphatic hydroxyl groups excluding tert-OH is 2. The van der Waals surface area contributed by atoms with Crippen LogP contribution in [-0.4, -0.2) is 75.5 Å². The van der Waals surface area contributed by atoms with Gasteiger partial charge in [0.2, 0.25) is 5.79 Å². The van der Waals surface area contributed by atoms with Gasteiger partial charge in [0.15, 0.2) is 17.3 Å². The van der Waals surface area contributed by atoms with Gasteiger partial charge in [-0.05, 0) is 0 Å². The summed E-state index contributed by atoms with van der Waals surface area (Å²) in [5.41, 5.74) is 6.15. The lowest BCUT2D eigenvalue weighted by Gasteiger charge is -2.37. The van der Waals surface area contributed by atoms with Crippen LogP contribution in [0.25, 0.3) is 0 Å². The molecule has 3 heterocycles. The Morgan fingerprint density at radius 3 is 2.88 bits per heavy atom. The van der Waals surface area contributed by atoms with Crippen LogP contribution in [0.1, 0.15) is 20.3 Å². The number of amides is 1. The second-order valence-electron chi connectivity index (χ2n) is 6.19. The van der Waals surface area contributed by atoms with Crippen LogP contribution in [0.3, 0.4) is 0 Å². The molecule has 0 aromatic carbocycles. The first kappa shape index (κ1) is 16.8. The maximum Gasteiger partial charge on any atom is 0.300 e. The predicted molar refractivity (Wildman–Crippen MR) is 83.3 cm³/mol. The number of fused-ring (bicyclic) bond motifs is 1. The monoisotopic (exact) mass is 337 g/mol. The standard InChI is InChI=1S/C14H19N5O5/c1-6(2)11(22)14(15)18-10-12(16-5-17-13(10)23)19(14)9-3-7(21)8(4-20)24-9/h5-9,20-21H,3-4,15H2,1-2H3/t7-,8+,9+,14?/m0/s1. The maximum atomic E-state index is 12.7. The number of Topliss-reactive ketones (excluding diaryl/α,β-unsaturated/α-hetero) is 1. The van der Waals surface area contributed by atoms with E-state index in [9.17, 15) is 19.8 Å². The van der Waals surface area contributed by atoms with Gasteiger partial charge in [-0.1, -0.05) is 13.8 Å². The van der Waals surface area contributed by atoms with Crippen LogP contribution in [0.2, 0.25) is 0 Å². The fraction of sp³-hybridized carbons (Fsp3) is 0.643. The van der Waals surface area contributed by atoms with Crippen molar-refractivity contribution in [1.29, 1.82) is 0 Å². The molecule has 3 aliphatic rings. The highest BCUT2D eigenvalue weighted by Crippen LogP contribution is 2.34. The fourth-order valence-corrected chi connectivity index (χ4v) is 3.01. The summed E-state index contributed by atoms with van der Waals surface area (Å²) in [6.45, 7) is 2.94. The number of amidine groups is 1. The Morgan fingerprint density at radius 1 is 1.58 bits per heavy atom. The highest BCUT2D eigenvalue weighted by atomic mass is 16.5. The number of hydrogen-bond acceptors (Lipinski definition) is 9. The van der Waals surface area contributed by atoms with Crippen molar-refractivity contribution < 1.29 is 24.5 Å². The van der Waals surface area contributed by atoms with E-state index < -0.39 is 41.8 Å². The minimum atomic E-state index is -1.87. The highest BCUT2D eigenvalue weighted by Gasteiger charge is 2.56. The van der Waals surface area contributed by atoms with Crippen molar-refractivity contribution in [2.24, 2.45) is 26.6 Å². The molecule has 0 saturated carbocycles. The number of nitrogens with zero attached hydrogens (tertiary/aromatic N) is 4. The van der Waals surface area contributed by atoms with Gasteiger partial charge in [0.25, 0.3) is 0 Å². The number of ether oxygens (including phenoxy) is 1. The Labute approximate surface area is 137 Å². The summed E-state index contributed by atoms with van der Waals surface area (Å²) in [6.07, 6.45) is -1.46. The van der Waals surface area contributed by atoms with Crippen molar-refractivity contribution in [3.63, 3.8) is 0 Å². The molecule has 0 aliphatic carbocycles. The number of rotatable bonds is 4. The molecule has 0 bridgehead atoms. The molecular formula is C14H19N5O5. The van der Waals surface area contributed by atoms with Crippen LogP contribution in [0, 0.1) is 5.92 Å². The Kier molecular flexibility index (Phi) is 4.08. The number of ketones is 1. The summed E-state index contributed by atoms with van der Waals surface area (Å²) in [7, 11) is 0. The molecule has 1 amide bonds. The molecule has 4 N–H and O–H groups in total. The minimum Gasteiger partial charge on any atom is -0.394 e. The van der Waals surface area contributed by atoms with Gasteiger partial charge in [0.1, 0.15) is 18.7 Å². The first-order valence-corrected chi connectivity index (χ1v) is 7.61. The Hall–Kier alpha value is -2.01. The average Bonchev–Trinajstić information content (AvgIpc) is 3.04.